The lowest BCUT2D eigenvalue weighted by Gasteiger charge is -2.19. The number of likely N-dealkylation sites (N-methyl/N-ethyl adjacent to an activating group) is 1. The van der Waals surface area contributed by atoms with Crippen molar-refractivity contribution in [2.45, 2.75) is 23.6 Å². The van der Waals surface area contributed by atoms with Crippen LogP contribution in [-0.2, 0) is 16.2 Å². The van der Waals surface area contributed by atoms with Crippen molar-refractivity contribution in [3.8, 4) is 5.75 Å². The average molecular weight is 515 g/mol. The van der Waals surface area contributed by atoms with Crippen LogP contribution in [0, 0.1) is 0 Å². The number of hydrogen-bond donors (Lipinski definition) is 1. The van der Waals surface area contributed by atoms with E-state index >= 15 is 0 Å². The highest BCUT2D eigenvalue weighted by molar-refractivity contribution is 9.10. The number of anilines is 1. The molecule has 1 saturated heterocycles. The number of alkyl halides is 3. The van der Waals surface area contributed by atoms with E-state index in [0.29, 0.717) is 19.5 Å². The molecule has 29 heavy (non-hydrogen) atoms. The van der Waals surface area contributed by atoms with Crippen molar-refractivity contribution in [3.63, 3.8) is 0 Å². The van der Waals surface area contributed by atoms with E-state index < -0.39 is 33.6 Å². The monoisotopic (exact) mass is 513 g/mol. The van der Waals surface area contributed by atoms with E-state index in [-0.39, 0.29) is 20.2 Å². The molecule has 0 spiro atoms. The van der Waals surface area contributed by atoms with Gasteiger partial charge in [-0.3, -0.25) is 4.72 Å². The van der Waals surface area contributed by atoms with E-state index in [1.807, 2.05) is 11.9 Å². The maximum absolute atomic E-state index is 13.4. The van der Waals surface area contributed by atoms with Gasteiger partial charge in [-0.2, -0.15) is 13.2 Å². The Morgan fingerprint density at radius 1 is 1.34 bits per heavy atom. The molecular weight excluding hydrogens is 499 g/mol. The van der Waals surface area contributed by atoms with Crippen LogP contribution in [0.25, 0.3) is 0 Å². The summed E-state index contributed by atoms with van der Waals surface area (Å²) in [5.74, 6) is -0.423. The lowest BCUT2D eigenvalue weighted by molar-refractivity contribution is -0.139. The number of pyridine rings is 1. The fourth-order valence-electron chi connectivity index (χ4n) is 2.85. The van der Waals surface area contributed by atoms with E-state index in [2.05, 4.69) is 25.6 Å². The Balaban J connectivity index is 1.91. The summed E-state index contributed by atoms with van der Waals surface area (Å²) in [6, 6.07) is 4.11. The standard InChI is InChI=1S/C17H16BrClF3N3O3S/c1-25-5-4-11(9-25)28-15-6-10(2-3-13(15)17(20,21)22)24-29(26,27)12-7-14(18)16(19)23-8-12/h2-3,6-8,11,24H,4-5,9H2,1H3/t11-/m1/s1. The third kappa shape index (κ3) is 5.33. The number of likely N-dealkylation sites (tertiary alicyclic amines) is 1. The lowest BCUT2D eigenvalue weighted by atomic mass is 10.1. The van der Waals surface area contributed by atoms with Gasteiger partial charge >= 0.3 is 6.18 Å². The molecule has 0 amide bonds. The van der Waals surface area contributed by atoms with Crippen LogP contribution in [0.5, 0.6) is 5.75 Å². The highest BCUT2D eigenvalue weighted by Crippen LogP contribution is 2.39. The van der Waals surface area contributed by atoms with Crippen LogP contribution in [0.15, 0.2) is 39.8 Å². The zero-order chi connectivity index (χ0) is 21.4. The van der Waals surface area contributed by atoms with Gasteiger partial charge in [-0.15, -0.1) is 0 Å². The quantitative estimate of drug-likeness (QED) is 0.599. The van der Waals surface area contributed by atoms with Crippen molar-refractivity contribution in [2.75, 3.05) is 24.9 Å². The molecule has 3 rings (SSSR count). The number of benzene rings is 1. The number of nitrogens with zero attached hydrogens (tertiary/aromatic N) is 2. The molecule has 1 atom stereocenters. The SMILES string of the molecule is CN1CC[C@@H](Oc2cc(NS(=O)(=O)c3cnc(Cl)c(Br)c3)ccc2C(F)(F)F)C1. The first-order valence-electron chi connectivity index (χ1n) is 8.36. The van der Waals surface area contributed by atoms with Crippen molar-refractivity contribution in [3.05, 3.63) is 45.7 Å². The predicted octanol–water partition coefficient (Wildman–Crippen LogP) is 4.40. The van der Waals surface area contributed by atoms with Gasteiger partial charge in [0.1, 0.15) is 21.9 Å². The molecule has 1 aromatic heterocycles. The Bertz CT molecular complexity index is 1020. The van der Waals surface area contributed by atoms with Crippen molar-refractivity contribution in [1.82, 2.24) is 9.88 Å². The third-order valence-electron chi connectivity index (χ3n) is 4.26. The first kappa shape index (κ1) is 22.1. The van der Waals surface area contributed by atoms with E-state index in [9.17, 15) is 21.6 Å². The summed E-state index contributed by atoms with van der Waals surface area (Å²) < 4.78 is 73.3. The average Bonchev–Trinajstić information content (AvgIpc) is 3.01. The highest BCUT2D eigenvalue weighted by atomic mass is 79.9. The molecule has 1 aliphatic heterocycles. The van der Waals surface area contributed by atoms with Crippen LogP contribution in [0.4, 0.5) is 18.9 Å². The second-order valence-electron chi connectivity index (χ2n) is 6.55. The number of halogens is 5. The van der Waals surface area contributed by atoms with Crippen LogP contribution in [-0.4, -0.2) is 44.5 Å². The van der Waals surface area contributed by atoms with E-state index in [1.165, 1.54) is 6.07 Å². The van der Waals surface area contributed by atoms with Gasteiger partial charge in [0.05, 0.1) is 15.7 Å². The molecule has 0 radical (unpaired) electrons. The van der Waals surface area contributed by atoms with Crippen LogP contribution in [0.3, 0.4) is 0 Å². The first-order chi connectivity index (χ1) is 13.5. The molecule has 6 nitrogen and oxygen atoms in total. The summed E-state index contributed by atoms with van der Waals surface area (Å²) in [4.78, 5) is 5.49. The molecule has 0 unspecified atom stereocenters. The molecule has 1 N–H and O–H groups in total. The Labute approximate surface area is 179 Å². The highest BCUT2D eigenvalue weighted by Gasteiger charge is 2.36. The van der Waals surface area contributed by atoms with Gasteiger partial charge in [0.15, 0.2) is 0 Å². The predicted molar refractivity (Wildman–Crippen MR) is 106 cm³/mol. The maximum Gasteiger partial charge on any atom is 0.419 e. The number of sulfonamides is 1. The molecule has 0 aliphatic carbocycles. The molecule has 1 fully saturated rings. The van der Waals surface area contributed by atoms with Crippen molar-refractivity contribution >= 4 is 43.2 Å². The van der Waals surface area contributed by atoms with Crippen molar-refractivity contribution < 1.29 is 26.3 Å². The number of hydrogen-bond acceptors (Lipinski definition) is 5. The van der Waals surface area contributed by atoms with Crippen LogP contribution >= 0.6 is 27.5 Å². The maximum atomic E-state index is 13.4. The smallest absolute Gasteiger partial charge is 0.419 e. The second kappa shape index (κ2) is 8.29. The van der Waals surface area contributed by atoms with E-state index in [0.717, 1.165) is 24.4 Å². The Morgan fingerprint density at radius 2 is 2.07 bits per heavy atom. The van der Waals surface area contributed by atoms with Crippen LogP contribution in [0.2, 0.25) is 5.15 Å². The van der Waals surface area contributed by atoms with E-state index in [1.54, 1.807) is 0 Å². The summed E-state index contributed by atoms with van der Waals surface area (Å²) >= 11 is 8.85. The van der Waals surface area contributed by atoms with Crippen LogP contribution in [0.1, 0.15) is 12.0 Å². The normalized spacial score (nSPS) is 18.1. The summed E-state index contributed by atoms with van der Waals surface area (Å²) in [5.41, 5.74) is -1.03. The van der Waals surface area contributed by atoms with Crippen molar-refractivity contribution in [1.29, 1.82) is 0 Å². The second-order valence-corrected chi connectivity index (χ2v) is 9.44. The zero-order valence-electron chi connectivity index (χ0n) is 15.0. The minimum absolute atomic E-state index is 0.0644. The third-order valence-corrected chi connectivity index (χ3v) is 6.74. The molecular formula is C17H16BrClF3N3O3S. The molecule has 1 aliphatic rings. The fourth-order valence-corrected chi connectivity index (χ4v) is 4.48. The minimum Gasteiger partial charge on any atom is -0.488 e. The number of aromatic nitrogens is 1. The number of ether oxygens (including phenoxy) is 1. The molecule has 0 bridgehead atoms. The van der Waals surface area contributed by atoms with Gasteiger partial charge in [-0.1, -0.05) is 11.6 Å². The van der Waals surface area contributed by atoms with Crippen molar-refractivity contribution in [2.24, 2.45) is 0 Å². The molecule has 158 valence electrons. The van der Waals surface area contributed by atoms with Gasteiger partial charge in [0.2, 0.25) is 0 Å². The molecule has 2 aromatic rings. The van der Waals surface area contributed by atoms with Gasteiger partial charge in [-0.05, 0) is 47.6 Å². The van der Waals surface area contributed by atoms with Gasteiger partial charge in [0.25, 0.3) is 10.0 Å². The fraction of sp³-hybridized carbons (Fsp3) is 0.353. The van der Waals surface area contributed by atoms with Gasteiger partial charge in [0, 0.05) is 25.4 Å². The first-order valence-corrected chi connectivity index (χ1v) is 11.0. The molecule has 1 aromatic carbocycles. The topological polar surface area (TPSA) is 71.5 Å². The summed E-state index contributed by atoms with van der Waals surface area (Å²) in [6.07, 6.45) is -3.42. The lowest BCUT2D eigenvalue weighted by Crippen LogP contribution is -2.23. The van der Waals surface area contributed by atoms with Gasteiger partial charge in [-0.25, -0.2) is 13.4 Å². The molecule has 0 saturated carbocycles. The largest absolute Gasteiger partial charge is 0.488 e. The Morgan fingerprint density at radius 3 is 2.66 bits per heavy atom. The molecule has 2 heterocycles. The summed E-state index contributed by atoms with van der Waals surface area (Å²) in [5, 5.41) is 0.0793. The summed E-state index contributed by atoms with van der Waals surface area (Å²) in [6.45, 7) is 1.19. The van der Waals surface area contributed by atoms with Crippen LogP contribution < -0.4 is 9.46 Å². The Hall–Kier alpha value is -1.56. The Kier molecular flexibility index (Phi) is 6.32. The number of nitrogens with one attached hydrogen (secondary N) is 1. The number of rotatable bonds is 5. The molecule has 12 heteroatoms. The van der Waals surface area contributed by atoms with E-state index in [4.69, 9.17) is 16.3 Å². The minimum atomic E-state index is -4.64. The summed E-state index contributed by atoms with van der Waals surface area (Å²) in [7, 11) is -2.26. The van der Waals surface area contributed by atoms with Gasteiger partial charge < -0.3 is 9.64 Å². The zero-order valence-corrected chi connectivity index (χ0v) is 18.2.